The first-order valence-electron chi connectivity index (χ1n) is 7.19. The SMILES string of the molecule is CC1CN(C)CCN1CC1(CS)CCCCC1. The molecule has 0 aromatic heterocycles. The molecule has 1 saturated carbocycles. The third-order valence-corrected chi connectivity index (χ3v) is 5.43. The number of likely N-dealkylation sites (N-methyl/N-ethyl adjacent to an activating group) is 1. The fourth-order valence-electron chi connectivity index (χ4n) is 3.51. The molecule has 0 aromatic rings. The van der Waals surface area contributed by atoms with Crippen LogP contribution in [0.25, 0.3) is 0 Å². The van der Waals surface area contributed by atoms with Crippen molar-refractivity contribution in [1.29, 1.82) is 0 Å². The highest BCUT2D eigenvalue weighted by atomic mass is 32.1. The van der Waals surface area contributed by atoms with Gasteiger partial charge in [-0.15, -0.1) is 0 Å². The molecule has 1 unspecified atom stereocenters. The van der Waals surface area contributed by atoms with Crippen LogP contribution in [0, 0.1) is 5.41 Å². The minimum atomic E-state index is 0.519. The monoisotopic (exact) mass is 256 g/mol. The molecule has 0 aromatic carbocycles. The minimum Gasteiger partial charge on any atom is -0.304 e. The minimum absolute atomic E-state index is 0.519. The van der Waals surface area contributed by atoms with Crippen molar-refractivity contribution in [2.75, 3.05) is 39.0 Å². The molecule has 1 atom stereocenters. The summed E-state index contributed by atoms with van der Waals surface area (Å²) in [6.07, 6.45) is 7.07. The standard InChI is InChI=1S/C14H28N2S/c1-13-10-15(2)8-9-16(13)11-14(12-17)6-4-3-5-7-14/h13,17H,3-12H2,1-2H3. The first kappa shape index (κ1) is 13.7. The van der Waals surface area contributed by atoms with Gasteiger partial charge < -0.3 is 4.90 Å². The second-order valence-electron chi connectivity index (χ2n) is 6.30. The second-order valence-corrected chi connectivity index (χ2v) is 6.62. The number of hydrogen-bond acceptors (Lipinski definition) is 3. The Kier molecular flexibility index (Phi) is 4.79. The molecule has 1 aliphatic carbocycles. The van der Waals surface area contributed by atoms with Gasteiger partial charge in [0.15, 0.2) is 0 Å². The molecule has 0 radical (unpaired) electrons. The summed E-state index contributed by atoms with van der Waals surface area (Å²) < 4.78 is 0. The molecule has 17 heavy (non-hydrogen) atoms. The van der Waals surface area contributed by atoms with Gasteiger partial charge in [0.1, 0.15) is 0 Å². The number of piperazine rings is 1. The van der Waals surface area contributed by atoms with Gasteiger partial charge in [0.25, 0.3) is 0 Å². The topological polar surface area (TPSA) is 6.48 Å². The van der Waals surface area contributed by atoms with Crippen LogP contribution in [0.1, 0.15) is 39.0 Å². The summed E-state index contributed by atoms with van der Waals surface area (Å²) in [6, 6.07) is 0.715. The van der Waals surface area contributed by atoms with E-state index in [9.17, 15) is 0 Å². The average molecular weight is 256 g/mol. The molecule has 2 nitrogen and oxygen atoms in total. The maximum absolute atomic E-state index is 4.66. The zero-order chi connectivity index (χ0) is 12.3. The number of hydrogen-bond donors (Lipinski definition) is 1. The van der Waals surface area contributed by atoms with Crippen LogP contribution in [0.15, 0.2) is 0 Å². The molecule has 1 aliphatic heterocycles. The molecule has 2 fully saturated rings. The van der Waals surface area contributed by atoms with E-state index in [2.05, 4.69) is 36.4 Å². The van der Waals surface area contributed by atoms with Crippen molar-refractivity contribution in [3.05, 3.63) is 0 Å². The molecule has 2 aliphatic rings. The van der Waals surface area contributed by atoms with Crippen LogP contribution in [0.3, 0.4) is 0 Å². The molecular formula is C14H28N2S. The summed E-state index contributed by atoms with van der Waals surface area (Å²) in [7, 11) is 2.24. The van der Waals surface area contributed by atoms with Gasteiger partial charge in [0.2, 0.25) is 0 Å². The van der Waals surface area contributed by atoms with Gasteiger partial charge in [0, 0.05) is 32.2 Å². The van der Waals surface area contributed by atoms with E-state index in [0.717, 1.165) is 5.75 Å². The van der Waals surface area contributed by atoms with Gasteiger partial charge in [-0.05, 0) is 38.0 Å². The Morgan fingerprint density at radius 1 is 1.18 bits per heavy atom. The van der Waals surface area contributed by atoms with Gasteiger partial charge in [-0.25, -0.2) is 0 Å². The summed E-state index contributed by atoms with van der Waals surface area (Å²) >= 11 is 4.66. The Labute approximate surface area is 112 Å². The fraction of sp³-hybridized carbons (Fsp3) is 1.00. The van der Waals surface area contributed by atoms with Crippen LogP contribution in [0.2, 0.25) is 0 Å². The van der Waals surface area contributed by atoms with Gasteiger partial charge >= 0.3 is 0 Å². The van der Waals surface area contributed by atoms with Gasteiger partial charge in [0.05, 0.1) is 0 Å². The molecule has 3 heteroatoms. The predicted molar refractivity (Wildman–Crippen MR) is 77.9 cm³/mol. The zero-order valence-corrected chi connectivity index (χ0v) is 12.4. The Bertz CT molecular complexity index is 238. The third kappa shape index (κ3) is 3.39. The lowest BCUT2D eigenvalue weighted by atomic mass is 9.75. The Hall–Kier alpha value is 0.270. The van der Waals surface area contributed by atoms with Gasteiger partial charge in [-0.2, -0.15) is 12.6 Å². The molecule has 2 rings (SSSR count). The Morgan fingerprint density at radius 2 is 1.88 bits per heavy atom. The van der Waals surface area contributed by atoms with E-state index in [4.69, 9.17) is 0 Å². The van der Waals surface area contributed by atoms with Crippen LogP contribution in [0.5, 0.6) is 0 Å². The van der Waals surface area contributed by atoms with Crippen molar-refractivity contribution in [3.63, 3.8) is 0 Å². The lowest BCUT2D eigenvalue weighted by Gasteiger charge is -2.45. The van der Waals surface area contributed by atoms with Crippen molar-refractivity contribution in [2.24, 2.45) is 5.41 Å². The molecule has 0 N–H and O–H groups in total. The molecule has 1 heterocycles. The van der Waals surface area contributed by atoms with Crippen molar-refractivity contribution < 1.29 is 0 Å². The maximum atomic E-state index is 4.66. The third-order valence-electron chi connectivity index (χ3n) is 4.76. The number of thiol groups is 1. The van der Waals surface area contributed by atoms with Crippen molar-refractivity contribution in [1.82, 2.24) is 9.80 Å². The highest BCUT2D eigenvalue weighted by Crippen LogP contribution is 2.38. The van der Waals surface area contributed by atoms with Crippen molar-refractivity contribution in [2.45, 2.75) is 45.1 Å². The summed E-state index contributed by atoms with van der Waals surface area (Å²) in [5, 5.41) is 0. The van der Waals surface area contributed by atoms with Crippen LogP contribution in [0.4, 0.5) is 0 Å². The average Bonchev–Trinajstić information content (AvgIpc) is 2.34. The number of rotatable bonds is 3. The Balaban J connectivity index is 1.93. The molecular weight excluding hydrogens is 228 g/mol. The highest BCUT2D eigenvalue weighted by Gasteiger charge is 2.34. The van der Waals surface area contributed by atoms with Crippen molar-refractivity contribution >= 4 is 12.6 Å². The van der Waals surface area contributed by atoms with Crippen LogP contribution in [-0.4, -0.2) is 54.8 Å². The maximum Gasteiger partial charge on any atom is 0.0195 e. The number of nitrogens with zero attached hydrogens (tertiary/aromatic N) is 2. The summed E-state index contributed by atoms with van der Waals surface area (Å²) in [5.41, 5.74) is 0.519. The molecule has 0 bridgehead atoms. The first-order valence-corrected chi connectivity index (χ1v) is 7.82. The molecule has 0 amide bonds. The van der Waals surface area contributed by atoms with E-state index in [0.29, 0.717) is 11.5 Å². The van der Waals surface area contributed by atoms with E-state index in [-0.39, 0.29) is 0 Å². The van der Waals surface area contributed by atoms with Crippen LogP contribution < -0.4 is 0 Å². The van der Waals surface area contributed by atoms with Crippen LogP contribution >= 0.6 is 12.6 Å². The lowest BCUT2D eigenvalue weighted by Crippen LogP contribution is -2.54. The predicted octanol–water partition coefficient (Wildman–Crippen LogP) is 2.50. The highest BCUT2D eigenvalue weighted by molar-refractivity contribution is 7.80. The van der Waals surface area contributed by atoms with E-state index in [1.165, 1.54) is 58.3 Å². The van der Waals surface area contributed by atoms with E-state index < -0.39 is 0 Å². The van der Waals surface area contributed by atoms with E-state index in [1.54, 1.807) is 0 Å². The van der Waals surface area contributed by atoms with Crippen molar-refractivity contribution in [3.8, 4) is 0 Å². The van der Waals surface area contributed by atoms with Gasteiger partial charge in [-0.1, -0.05) is 19.3 Å². The lowest BCUT2D eigenvalue weighted by molar-refractivity contribution is 0.0472. The Morgan fingerprint density at radius 3 is 2.47 bits per heavy atom. The van der Waals surface area contributed by atoms with E-state index in [1.807, 2.05) is 0 Å². The zero-order valence-electron chi connectivity index (χ0n) is 11.5. The first-order chi connectivity index (χ1) is 8.15. The van der Waals surface area contributed by atoms with Crippen LogP contribution in [-0.2, 0) is 0 Å². The summed E-state index contributed by atoms with van der Waals surface area (Å²) in [5.74, 6) is 1.08. The normalized spacial score (nSPS) is 31.6. The smallest absolute Gasteiger partial charge is 0.0195 e. The summed E-state index contributed by atoms with van der Waals surface area (Å²) in [4.78, 5) is 5.16. The molecule has 0 spiro atoms. The quantitative estimate of drug-likeness (QED) is 0.775. The van der Waals surface area contributed by atoms with E-state index >= 15 is 0 Å². The largest absolute Gasteiger partial charge is 0.304 e. The second kappa shape index (κ2) is 5.94. The van der Waals surface area contributed by atoms with Gasteiger partial charge in [-0.3, -0.25) is 4.90 Å². The fourth-order valence-corrected chi connectivity index (χ4v) is 3.93. The molecule has 1 saturated heterocycles. The summed E-state index contributed by atoms with van der Waals surface area (Å²) in [6.45, 7) is 7.36. The molecule has 100 valence electrons.